The van der Waals surface area contributed by atoms with Crippen LogP contribution in [0.3, 0.4) is 0 Å². The molecule has 3 aromatic carbocycles. The SMILES string of the molecule is FC1(F)CC(c2ccccc2)c2c1nc1ccccc1c2-c1ccccc1. The summed E-state index contributed by atoms with van der Waals surface area (Å²) in [5, 5.41) is 0.918. The summed E-state index contributed by atoms with van der Waals surface area (Å²) < 4.78 is 30.1. The first-order valence-electron chi connectivity index (χ1n) is 9.06. The molecule has 0 aliphatic heterocycles. The van der Waals surface area contributed by atoms with Crippen LogP contribution in [-0.4, -0.2) is 4.98 Å². The fourth-order valence-electron chi connectivity index (χ4n) is 4.19. The third kappa shape index (κ3) is 2.54. The Labute approximate surface area is 156 Å². The number of para-hydroxylation sites is 1. The van der Waals surface area contributed by atoms with Crippen LogP contribution in [0.2, 0.25) is 0 Å². The molecule has 1 aromatic heterocycles. The number of halogens is 2. The molecular formula is C24H17F2N. The van der Waals surface area contributed by atoms with Gasteiger partial charge in [0.05, 0.1) is 5.52 Å². The summed E-state index contributed by atoms with van der Waals surface area (Å²) in [5.74, 6) is -3.31. The number of hydrogen-bond acceptors (Lipinski definition) is 1. The van der Waals surface area contributed by atoms with E-state index in [4.69, 9.17) is 0 Å². The summed E-state index contributed by atoms with van der Waals surface area (Å²) in [6.07, 6.45) is -0.241. The van der Waals surface area contributed by atoms with Crippen molar-refractivity contribution in [3.8, 4) is 11.1 Å². The highest BCUT2D eigenvalue weighted by atomic mass is 19.3. The summed E-state index contributed by atoms with van der Waals surface area (Å²) in [5.41, 5.74) is 3.94. The normalized spacial score (nSPS) is 17.8. The van der Waals surface area contributed by atoms with Crippen LogP contribution in [0.15, 0.2) is 84.9 Å². The van der Waals surface area contributed by atoms with E-state index in [0.29, 0.717) is 11.1 Å². The Balaban J connectivity index is 1.90. The predicted molar refractivity (Wildman–Crippen MR) is 104 cm³/mol. The topological polar surface area (TPSA) is 12.9 Å². The van der Waals surface area contributed by atoms with Gasteiger partial charge in [0.15, 0.2) is 0 Å². The Kier molecular flexibility index (Phi) is 3.57. The summed E-state index contributed by atoms with van der Waals surface area (Å²) in [4.78, 5) is 4.42. The minimum atomic E-state index is -2.94. The van der Waals surface area contributed by atoms with Gasteiger partial charge in [-0.25, -0.2) is 4.98 Å². The summed E-state index contributed by atoms with van der Waals surface area (Å²) >= 11 is 0. The fourth-order valence-corrected chi connectivity index (χ4v) is 4.19. The molecule has 1 aliphatic rings. The summed E-state index contributed by atoms with van der Waals surface area (Å²) in [7, 11) is 0. The van der Waals surface area contributed by atoms with Gasteiger partial charge in [-0.05, 0) is 28.3 Å². The van der Waals surface area contributed by atoms with Crippen molar-refractivity contribution < 1.29 is 8.78 Å². The Morgan fingerprint density at radius 2 is 1.41 bits per heavy atom. The van der Waals surface area contributed by atoms with Crippen LogP contribution in [-0.2, 0) is 5.92 Å². The van der Waals surface area contributed by atoms with E-state index >= 15 is 8.78 Å². The molecule has 0 spiro atoms. The zero-order chi connectivity index (χ0) is 18.4. The summed E-state index contributed by atoms with van der Waals surface area (Å²) in [6, 6.07) is 27.0. The van der Waals surface area contributed by atoms with Gasteiger partial charge in [-0.15, -0.1) is 0 Å². The maximum absolute atomic E-state index is 15.0. The second-order valence-electron chi connectivity index (χ2n) is 7.00. The molecule has 0 amide bonds. The first-order valence-corrected chi connectivity index (χ1v) is 9.06. The number of aromatic nitrogens is 1. The number of alkyl halides is 2. The van der Waals surface area contributed by atoms with Gasteiger partial charge in [0, 0.05) is 17.7 Å². The first-order chi connectivity index (χ1) is 13.1. The van der Waals surface area contributed by atoms with Crippen LogP contribution in [0.1, 0.15) is 29.2 Å². The smallest absolute Gasteiger partial charge is 0.246 e. The van der Waals surface area contributed by atoms with Crippen molar-refractivity contribution >= 4 is 10.9 Å². The summed E-state index contributed by atoms with van der Waals surface area (Å²) in [6.45, 7) is 0. The molecule has 0 saturated heterocycles. The van der Waals surface area contributed by atoms with Gasteiger partial charge >= 0.3 is 0 Å². The molecule has 1 nitrogen and oxygen atoms in total. The molecule has 132 valence electrons. The Bertz CT molecular complexity index is 1120. The van der Waals surface area contributed by atoms with Gasteiger partial charge in [-0.1, -0.05) is 78.9 Å². The Hall–Kier alpha value is -3.07. The molecule has 0 bridgehead atoms. The number of hydrogen-bond donors (Lipinski definition) is 0. The van der Waals surface area contributed by atoms with E-state index in [0.717, 1.165) is 22.1 Å². The lowest BCUT2D eigenvalue weighted by Gasteiger charge is -2.18. The molecule has 5 rings (SSSR count). The first kappa shape index (κ1) is 16.1. The zero-order valence-electron chi connectivity index (χ0n) is 14.6. The zero-order valence-corrected chi connectivity index (χ0v) is 14.6. The van der Waals surface area contributed by atoms with Gasteiger partial charge in [0.25, 0.3) is 5.92 Å². The molecule has 1 aliphatic carbocycles. The van der Waals surface area contributed by atoms with E-state index in [1.807, 2.05) is 84.9 Å². The minimum Gasteiger partial charge on any atom is -0.246 e. The molecule has 27 heavy (non-hydrogen) atoms. The van der Waals surface area contributed by atoms with E-state index in [1.165, 1.54) is 0 Å². The largest absolute Gasteiger partial charge is 0.290 e. The van der Waals surface area contributed by atoms with Crippen molar-refractivity contribution in [2.24, 2.45) is 0 Å². The average molecular weight is 357 g/mol. The minimum absolute atomic E-state index is 0.0751. The fraction of sp³-hybridized carbons (Fsp3) is 0.125. The van der Waals surface area contributed by atoms with Crippen LogP contribution in [0.4, 0.5) is 8.78 Å². The standard InChI is InChI=1S/C24H17F2N/c25-24(26)15-19(16-9-3-1-4-10-16)22-21(17-11-5-2-6-12-17)18-13-7-8-14-20(18)27-23(22)24/h1-14,19H,15H2. The highest BCUT2D eigenvalue weighted by molar-refractivity contribution is 5.97. The van der Waals surface area contributed by atoms with Crippen LogP contribution < -0.4 is 0 Å². The Morgan fingerprint density at radius 1 is 0.778 bits per heavy atom. The van der Waals surface area contributed by atoms with E-state index in [9.17, 15) is 0 Å². The monoisotopic (exact) mass is 357 g/mol. The van der Waals surface area contributed by atoms with E-state index in [-0.39, 0.29) is 18.0 Å². The van der Waals surface area contributed by atoms with Crippen molar-refractivity contribution in [3.05, 3.63) is 102 Å². The maximum Gasteiger partial charge on any atom is 0.290 e. The van der Waals surface area contributed by atoms with Crippen molar-refractivity contribution in [2.45, 2.75) is 18.3 Å². The van der Waals surface area contributed by atoms with Crippen LogP contribution in [0.5, 0.6) is 0 Å². The highest BCUT2D eigenvalue weighted by Gasteiger charge is 2.48. The van der Waals surface area contributed by atoms with E-state index < -0.39 is 5.92 Å². The highest BCUT2D eigenvalue weighted by Crippen LogP contribution is 2.54. The number of fused-ring (bicyclic) bond motifs is 2. The maximum atomic E-state index is 15.0. The second-order valence-corrected chi connectivity index (χ2v) is 7.00. The lowest BCUT2D eigenvalue weighted by atomic mass is 9.86. The number of pyridine rings is 1. The number of rotatable bonds is 2. The Morgan fingerprint density at radius 3 is 2.15 bits per heavy atom. The van der Waals surface area contributed by atoms with Crippen molar-refractivity contribution in [3.63, 3.8) is 0 Å². The molecular weight excluding hydrogens is 340 g/mol. The van der Waals surface area contributed by atoms with Crippen molar-refractivity contribution in [1.29, 1.82) is 0 Å². The predicted octanol–water partition coefficient (Wildman–Crippen LogP) is 6.53. The molecule has 3 heteroatoms. The molecule has 0 N–H and O–H groups in total. The average Bonchev–Trinajstić information content (AvgIpc) is 2.98. The molecule has 0 saturated carbocycles. The third-order valence-electron chi connectivity index (χ3n) is 5.35. The van der Waals surface area contributed by atoms with Crippen LogP contribution in [0, 0.1) is 0 Å². The van der Waals surface area contributed by atoms with Crippen LogP contribution >= 0.6 is 0 Å². The van der Waals surface area contributed by atoms with Gasteiger partial charge in [0.2, 0.25) is 0 Å². The lowest BCUT2D eigenvalue weighted by molar-refractivity contribution is -0.00842. The van der Waals surface area contributed by atoms with Gasteiger partial charge in [-0.2, -0.15) is 8.78 Å². The van der Waals surface area contributed by atoms with Crippen LogP contribution in [0.25, 0.3) is 22.0 Å². The third-order valence-corrected chi connectivity index (χ3v) is 5.35. The van der Waals surface area contributed by atoms with Crippen molar-refractivity contribution in [1.82, 2.24) is 4.98 Å². The quantitative estimate of drug-likeness (QED) is 0.397. The lowest BCUT2D eigenvalue weighted by Crippen LogP contribution is -2.10. The number of nitrogens with zero attached hydrogens (tertiary/aromatic N) is 1. The van der Waals surface area contributed by atoms with Crippen molar-refractivity contribution in [2.75, 3.05) is 0 Å². The molecule has 1 atom stereocenters. The van der Waals surface area contributed by atoms with Gasteiger partial charge in [-0.3, -0.25) is 0 Å². The molecule has 1 heterocycles. The van der Waals surface area contributed by atoms with Gasteiger partial charge < -0.3 is 0 Å². The van der Waals surface area contributed by atoms with E-state index in [2.05, 4.69) is 4.98 Å². The number of benzene rings is 3. The molecule has 0 radical (unpaired) electrons. The van der Waals surface area contributed by atoms with Gasteiger partial charge in [0.1, 0.15) is 5.69 Å². The molecule has 1 unspecified atom stereocenters. The second kappa shape index (κ2) is 5.98. The van der Waals surface area contributed by atoms with E-state index in [1.54, 1.807) is 0 Å². The molecule has 4 aromatic rings. The molecule has 0 fully saturated rings.